The third-order valence-electron chi connectivity index (χ3n) is 2.94. The molecule has 0 amide bonds. The molecule has 1 unspecified atom stereocenters. The number of hydrogen-bond donors (Lipinski definition) is 2. The summed E-state index contributed by atoms with van der Waals surface area (Å²) in [6, 6.07) is 3.68. The van der Waals surface area contributed by atoms with E-state index in [0.717, 1.165) is 5.56 Å². The topological polar surface area (TPSA) is 84.3 Å². The van der Waals surface area contributed by atoms with Crippen LogP contribution in [0.3, 0.4) is 0 Å². The molecule has 2 aromatic heterocycles. The Morgan fingerprint density at radius 3 is 2.48 bits per heavy atom. The number of nitrogens with one attached hydrogen (secondary N) is 2. The van der Waals surface area contributed by atoms with E-state index in [9.17, 15) is 13.2 Å². The summed E-state index contributed by atoms with van der Waals surface area (Å²) >= 11 is 0. The lowest BCUT2D eigenvalue weighted by molar-refractivity contribution is -0.0807. The first-order valence-electron chi connectivity index (χ1n) is 6.54. The highest BCUT2D eigenvalue weighted by molar-refractivity contribution is 5.82. The van der Waals surface area contributed by atoms with E-state index in [2.05, 4.69) is 35.6 Å². The highest BCUT2D eigenvalue weighted by Gasteiger charge is 2.42. The predicted molar refractivity (Wildman–Crippen MR) is 74.0 cm³/mol. The summed E-state index contributed by atoms with van der Waals surface area (Å²) in [6.45, 7) is 0.503. The molecule has 2 N–H and O–H groups in total. The number of hydroxylamine groups is 1. The Morgan fingerprint density at radius 2 is 1.87 bits per heavy atom. The van der Waals surface area contributed by atoms with Crippen LogP contribution in [0, 0.1) is 0 Å². The minimum absolute atomic E-state index is 0.351. The maximum atomic E-state index is 12.4. The molecule has 0 aromatic carbocycles. The molecule has 0 fully saturated rings. The van der Waals surface area contributed by atoms with Gasteiger partial charge in [0.2, 0.25) is 5.95 Å². The van der Waals surface area contributed by atoms with Crippen molar-refractivity contribution < 1.29 is 18.0 Å². The average Bonchev–Trinajstić information content (AvgIpc) is 3.05. The van der Waals surface area contributed by atoms with E-state index in [0.29, 0.717) is 18.1 Å². The number of alkyl halides is 3. The van der Waals surface area contributed by atoms with Crippen LogP contribution in [-0.4, -0.2) is 27.0 Å². The zero-order valence-electron chi connectivity index (χ0n) is 11.6. The van der Waals surface area contributed by atoms with Gasteiger partial charge >= 0.3 is 12.1 Å². The van der Waals surface area contributed by atoms with Crippen LogP contribution in [0.1, 0.15) is 17.3 Å². The van der Waals surface area contributed by atoms with E-state index >= 15 is 0 Å². The van der Waals surface area contributed by atoms with Gasteiger partial charge in [0, 0.05) is 36.9 Å². The zero-order chi connectivity index (χ0) is 16.3. The van der Waals surface area contributed by atoms with Gasteiger partial charge in [-0.1, -0.05) is 0 Å². The minimum Gasteiger partial charge on any atom is -0.381 e. The Balaban J connectivity index is 1.63. The fraction of sp³-hybridized carbons (Fsp3) is 0.231. The number of halogens is 3. The lowest BCUT2D eigenvalue weighted by Crippen LogP contribution is -2.25. The van der Waals surface area contributed by atoms with Crippen molar-refractivity contribution in [2.75, 3.05) is 5.32 Å². The first kappa shape index (κ1) is 15.2. The van der Waals surface area contributed by atoms with E-state index in [1.807, 2.05) is 12.1 Å². The molecular weight excluding hydrogens is 313 g/mol. The first-order valence-corrected chi connectivity index (χ1v) is 6.54. The summed E-state index contributed by atoms with van der Waals surface area (Å²) in [5, 5.41) is 2.99. The largest absolute Gasteiger partial charge is 0.470 e. The van der Waals surface area contributed by atoms with Gasteiger partial charge in [0.15, 0.2) is 6.17 Å². The standard InChI is InChI=1S/C13H11F3N6O/c14-13(15,16)11-21-10(22-23-11)9-6-19-12(20-7-9)18-5-8-1-3-17-4-2-8/h1-4,6-7,10,22H,5H2,(H,18,19,20). The molecule has 3 heterocycles. The second kappa shape index (κ2) is 6.16. The van der Waals surface area contributed by atoms with Crippen molar-refractivity contribution in [3.8, 4) is 0 Å². The minimum atomic E-state index is -4.63. The van der Waals surface area contributed by atoms with Crippen molar-refractivity contribution in [1.82, 2.24) is 20.4 Å². The van der Waals surface area contributed by atoms with Gasteiger partial charge in [-0.25, -0.2) is 15.0 Å². The van der Waals surface area contributed by atoms with E-state index in [-0.39, 0.29) is 0 Å². The number of aromatic nitrogens is 3. The highest BCUT2D eigenvalue weighted by Crippen LogP contribution is 2.26. The second-order valence-electron chi connectivity index (χ2n) is 4.60. The molecule has 10 heteroatoms. The fourth-order valence-corrected chi connectivity index (χ4v) is 1.81. The Kier molecular flexibility index (Phi) is 4.06. The third-order valence-corrected chi connectivity index (χ3v) is 2.94. The summed E-state index contributed by atoms with van der Waals surface area (Å²) in [4.78, 5) is 19.7. The third kappa shape index (κ3) is 3.72. The molecule has 1 aliphatic rings. The molecule has 120 valence electrons. The predicted octanol–water partition coefficient (Wildman–Crippen LogP) is 1.98. The number of pyridine rings is 1. The Hall–Kier alpha value is -2.75. The van der Waals surface area contributed by atoms with Crippen LogP contribution in [0.2, 0.25) is 0 Å². The molecule has 1 atom stereocenters. The molecule has 0 saturated heterocycles. The van der Waals surface area contributed by atoms with E-state index in [4.69, 9.17) is 0 Å². The van der Waals surface area contributed by atoms with Crippen molar-refractivity contribution in [1.29, 1.82) is 0 Å². The molecule has 7 nitrogen and oxygen atoms in total. The SMILES string of the molecule is FC(F)(F)C1=NC(c2cnc(NCc3ccncc3)nc2)NO1. The van der Waals surface area contributed by atoms with Gasteiger partial charge in [0.05, 0.1) is 0 Å². The van der Waals surface area contributed by atoms with E-state index in [1.165, 1.54) is 12.4 Å². The number of anilines is 1. The van der Waals surface area contributed by atoms with Gasteiger partial charge in [-0.2, -0.15) is 13.2 Å². The monoisotopic (exact) mass is 324 g/mol. The lowest BCUT2D eigenvalue weighted by atomic mass is 10.3. The maximum Gasteiger partial charge on any atom is 0.470 e. The van der Waals surface area contributed by atoms with Crippen molar-refractivity contribution >= 4 is 11.8 Å². The van der Waals surface area contributed by atoms with Crippen LogP contribution in [0.25, 0.3) is 0 Å². The summed E-state index contributed by atoms with van der Waals surface area (Å²) in [7, 11) is 0. The van der Waals surface area contributed by atoms with Crippen LogP contribution in [0.5, 0.6) is 0 Å². The van der Waals surface area contributed by atoms with Crippen LogP contribution in [0.4, 0.5) is 19.1 Å². The average molecular weight is 324 g/mol. The van der Waals surface area contributed by atoms with Crippen LogP contribution in [0.15, 0.2) is 41.9 Å². The summed E-state index contributed by atoms with van der Waals surface area (Å²) in [6.07, 6.45) is 0.485. The molecule has 1 aliphatic heterocycles. The zero-order valence-corrected chi connectivity index (χ0v) is 11.6. The highest BCUT2D eigenvalue weighted by atomic mass is 19.4. The van der Waals surface area contributed by atoms with Crippen LogP contribution < -0.4 is 10.8 Å². The molecular formula is C13H11F3N6O. The van der Waals surface area contributed by atoms with Gasteiger partial charge in [-0.15, -0.1) is 5.48 Å². The van der Waals surface area contributed by atoms with Crippen LogP contribution in [-0.2, 0) is 11.4 Å². The number of nitrogens with zero attached hydrogens (tertiary/aromatic N) is 4. The normalized spacial score (nSPS) is 17.5. The molecule has 0 spiro atoms. The molecule has 2 aromatic rings. The van der Waals surface area contributed by atoms with E-state index in [1.54, 1.807) is 12.4 Å². The van der Waals surface area contributed by atoms with Crippen molar-refractivity contribution in [2.24, 2.45) is 4.99 Å². The number of rotatable bonds is 4. The van der Waals surface area contributed by atoms with Gasteiger partial charge in [-0.3, -0.25) is 4.98 Å². The summed E-state index contributed by atoms with van der Waals surface area (Å²) < 4.78 is 37.3. The smallest absolute Gasteiger partial charge is 0.381 e. The summed E-state index contributed by atoms with van der Waals surface area (Å²) in [5.74, 6) is -0.966. The van der Waals surface area contributed by atoms with Gasteiger partial charge in [-0.05, 0) is 17.7 Å². The maximum absolute atomic E-state index is 12.4. The second-order valence-corrected chi connectivity index (χ2v) is 4.60. The van der Waals surface area contributed by atoms with Gasteiger partial charge in [0.1, 0.15) is 0 Å². The first-order chi connectivity index (χ1) is 11.0. The molecule has 0 bridgehead atoms. The van der Waals surface area contributed by atoms with Crippen molar-refractivity contribution in [3.63, 3.8) is 0 Å². The molecule has 23 heavy (non-hydrogen) atoms. The Bertz CT molecular complexity index is 689. The molecule has 0 aliphatic carbocycles. The van der Waals surface area contributed by atoms with E-state index < -0.39 is 18.2 Å². The molecule has 0 radical (unpaired) electrons. The van der Waals surface area contributed by atoms with Crippen molar-refractivity contribution in [3.05, 3.63) is 48.0 Å². The summed E-state index contributed by atoms with van der Waals surface area (Å²) in [5.41, 5.74) is 3.53. The van der Waals surface area contributed by atoms with Gasteiger partial charge in [0.25, 0.3) is 0 Å². The fourth-order valence-electron chi connectivity index (χ4n) is 1.81. The lowest BCUT2D eigenvalue weighted by Gasteiger charge is -2.07. The van der Waals surface area contributed by atoms with Crippen molar-refractivity contribution in [2.45, 2.75) is 18.9 Å². The molecule has 3 rings (SSSR count). The van der Waals surface area contributed by atoms with Gasteiger partial charge < -0.3 is 10.2 Å². The Labute approximate surface area is 128 Å². The molecule has 0 saturated carbocycles. The number of hydrogen-bond acceptors (Lipinski definition) is 7. The van der Waals surface area contributed by atoms with Crippen LogP contribution >= 0.6 is 0 Å². The quantitative estimate of drug-likeness (QED) is 0.895. The number of aliphatic imine (C=N–C) groups is 1. The Morgan fingerprint density at radius 1 is 1.17 bits per heavy atom.